The van der Waals surface area contributed by atoms with Crippen molar-refractivity contribution >= 4 is 33.5 Å². The Hall–Kier alpha value is -0.740. The number of esters is 1. The van der Waals surface area contributed by atoms with E-state index in [9.17, 15) is 4.79 Å². The average molecular weight is 294 g/mol. The third kappa shape index (κ3) is 2.44. The molecule has 0 radical (unpaired) electrons. The molecule has 5 heteroatoms. The first-order valence-electron chi connectivity index (χ1n) is 4.15. The van der Waals surface area contributed by atoms with Crippen LogP contribution in [0.1, 0.15) is 15.9 Å². The predicted octanol–water partition coefficient (Wildman–Crippen LogP) is 3.03. The highest BCUT2D eigenvalue weighted by molar-refractivity contribution is 9.08. The summed E-state index contributed by atoms with van der Waals surface area (Å²) in [4.78, 5) is 11.3. The van der Waals surface area contributed by atoms with Gasteiger partial charge in [-0.15, -0.1) is 0 Å². The fraction of sp³-hybridized carbons (Fsp3) is 0.300. The van der Waals surface area contributed by atoms with Crippen LogP contribution in [0.3, 0.4) is 0 Å². The Balaban J connectivity index is 3.29. The SMILES string of the molecule is COC(=O)c1ccc(OC)c(CBr)c1Cl. The molecule has 0 saturated heterocycles. The molecule has 0 heterocycles. The molecule has 15 heavy (non-hydrogen) atoms. The number of alkyl halides is 1. The van der Waals surface area contributed by atoms with E-state index in [1.807, 2.05) is 0 Å². The number of hydrogen-bond acceptors (Lipinski definition) is 3. The molecule has 0 aromatic heterocycles. The molecule has 0 bridgehead atoms. The fourth-order valence-corrected chi connectivity index (χ4v) is 2.21. The molecule has 3 nitrogen and oxygen atoms in total. The van der Waals surface area contributed by atoms with E-state index in [1.54, 1.807) is 19.2 Å². The summed E-state index contributed by atoms with van der Waals surface area (Å²) in [6.07, 6.45) is 0. The maximum Gasteiger partial charge on any atom is 0.339 e. The molecule has 0 spiro atoms. The molecule has 1 aromatic carbocycles. The normalized spacial score (nSPS) is 9.87. The van der Waals surface area contributed by atoms with Gasteiger partial charge in [0, 0.05) is 10.9 Å². The van der Waals surface area contributed by atoms with Crippen LogP contribution >= 0.6 is 27.5 Å². The van der Waals surface area contributed by atoms with Gasteiger partial charge < -0.3 is 9.47 Å². The lowest BCUT2D eigenvalue weighted by Crippen LogP contribution is -2.04. The van der Waals surface area contributed by atoms with Gasteiger partial charge in [0.1, 0.15) is 5.75 Å². The molecule has 0 aliphatic heterocycles. The number of hydrogen-bond donors (Lipinski definition) is 0. The second kappa shape index (κ2) is 5.37. The first kappa shape index (κ1) is 12.3. The maximum absolute atomic E-state index is 11.3. The first-order chi connectivity index (χ1) is 7.15. The Morgan fingerprint density at radius 2 is 2.13 bits per heavy atom. The van der Waals surface area contributed by atoms with Gasteiger partial charge in [-0.2, -0.15) is 0 Å². The molecule has 82 valence electrons. The molecule has 1 rings (SSSR count). The molecule has 0 unspecified atom stereocenters. The first-order valence-corrected chi connectivity index (χ1v) is 5.65. The van der Waals surface area contributed by atoms with E-state index in [0.717, 1.165) is 5.56 Å². The van der Waals surface area contributed by atoms with Gasteiger partial charge in [-0.3, -0.25) is 0 Å². The van der Waals surface area contributed by atoms with Crippen molar-refractivity contribution in [3.05, 3.63) is 28.3 Å². The van der Waals surface area contributed by atoms with Crippen LogP contribution in [0.4, 0.5) is 0 Å². The molecule has 0 aliphatic rings. The van der Waals surface area contributed by atoms with E-state index in [2.05, 4.69) is 20.7 Å². The number of ether oxygens (including phenoxy) is 2. The van der Waals surface area contributed by atoms with E-state index in [4.69, 9.17) is 16.3 Å². The van der Waals surface area contributed by atoms with Gasteiger partial charge >= 0.3 is 5.97 Å². The Morgan fingerprint density at radius 3 is 2.60 bits per heavy atom. The van der Waals surface area contributed by atoms with Crippen LogP contribution in [-0.4, -0.2) is 20.2 Å². The van der Waals surface area contributed by atoms with Gasteiger partial charge in [0.05, 0.1) is 24.8 Å². The van der Waals surface area contributed by atoms with E-state index in [-0.39, 0.29) is 0 Å². The van der Waals surface area contributed by atoms with Gasteiger partial charge in [-0.25, -0.2) is 4.79 Å². The summed E-state index contributed by atoms with van der Waals surface area (Å²) < 4.78 is 9.73. The highest BCUT2D eigenvalue weighted by atomic mass is 79.9. The van der Waals surface area contributed by atoms with Crippen molar-refractivity contribution in [2.24, 2.45) is 0 Å². The van der Waals surface area contributed by atoms with Crippen molar-refractivity contribution in [1.29, 1.82) is 0 Å². The smallest absolute Gasteiger partial charge is 0.339 e. The molecule has 0 N–H and O–H groups in total. The highest BCUT2D eigenvalue weighted by Crippen LogP contribution is 2.31. The Morgan fingerprint density at radius 1 is 1.47 bits per heavy atom. The van der Waals surface area contributed by atoms with Gasteiger partial charge in [0.25, 0.3) is 0 Å². The summed E-state index contributed by atoms with van der Waals surface area (Å²) in [7, 11) is 2.87. The van der Waals surface area contributed by atoms with Crippen molar-refractivity contribution in [3.63, 3.8) is 0 Å². The molecule has 0 aliphatic carbocycles. The summed E-state index contributed by atoms with van der Waals surface area (Å²) in [5.74, 6) is 0.189. The molecule has 0 atom stereocenters. The second-order valence-corrected chi connectivity index (χ2v) is 3.67. The third-order valence-corrected chi connectivity index (χ3v) is 2.95. The minimum Gasteiger partial charge on any atom is -0.496 e. The van der Waals surface area contributed by atoms with Crippen LogP contribution in [0.2, 0.25) is 5.02 Å². The number of carbonyl (C=O) groups is 1. The van der Waals surface area contributed by atoms with Gasteiger partial charge in [0.15, 0.2) is 0 Å². The minimum atomic E-state index is -0.454. The standard InChI is InChI=1S/C10H10BrClO3/c1-14-8-4-3-6(10(13)15-2)9(12)7(8)5-11/h3-4H,5H2,1-2H3. The largest absolute Gasteiger partial charge is 0.496 e. The van der Waals surface area contributed by atoms with Gasteiger partial charge in [-0.05, 0) is 12.1 Å². The maximum atomic E-state index is 11.3. The van der Waals surface area contributed by atoms with E-state index in [0.29, 0.717) is 21.7 Å². The summed E-state index contributed by atoms with van der Waals surface area (Å²) >= 11 is 9.34. The zero-order valence-electron chi connectivity index (χ0n) is 8.34. The van der Waals surface area contributed by atoms with E-state index < -0.39 is 5.97 Å². The minimum absolute atomic E-state index is 0.342. The summed E-state index contributed by atoms with van der Waals surface area (Å²) in [6, 6.07) is 3.27. The second-order valence-electron chi connectivity index (χ2n) is 2.73. The van der Waals surface area contributed by atoms with Crippen LogP contribution in [-0.2, 0) is 10.1 Å². The van der Waals surface area contributed by atoms with Crippen molar-refractivity contribution in [2.45, 2.75) is 5.33 Å². The zero-order valence-corrected chi connectivity index (χ0v) is 10.7. The molecule has 0 amide bonds. The summed E-state index contributed by atoms with van der Waals surface area (Å²) in [5, 5.41) is 0.873. The lowest BCUT2D eigenvalue weighted by Gasteiger charge is -2.10. The lowest BCUT2D eigenvalue weighted by atomic mass is 10.1. The Bertz CT molecular complexity index is 379. The van der Waals surface area contributed by atoms with Crippen LogP contribution in [0.5, 0.6) is 5.75 Å². The van der Waals surface area contributed by atoms with Gasteiger partial charge in [-0.1, -0.05) is 27.5 Å². The predicted molar refractivity (Wildman–Crippen MR) is 62.0 cm³/mol. The topological polar surface area (TPSA) is 35.5 Å². The van der Waals surface area contributed by atoms with Crippen LogP contribution < -0.4 is 4.74 Å². The van der Waals surface area contributed by atoms with E-state index in [1.165, 1.54) is 7.11 Å². The number of methoxy groups -OCH3 is 2. The van der Waals surface area contributed by atoms with Crippen molar-refractivity contribution in [3.8, 4) is 5.75 Å². The number of halogens is 2. The molecule has 1 aromatic rings. The highest BCUT2D eigenvalue weighted by Gasteiger charge is 2.16. The lowest BCUT2D eigenvalue weighted by molar-refractivity contribution is 0.0601. The fourth-order valence-electron chi connectivity index (χ4n) is 1.19. The summed E-state index contributed by atoms with van der Waals surface area (Å²) in [6.45, 7) is 0. The third-order valence-electron chi connectivity index (χ3n) is 1.96. The average Bonchev–Trinajstić information content (AvgIpc) is 2.27. The van der Waals surface area contributed by atoms with Crippen molar-refractivity contribution < 1.29 is 14.3 Å². The monoisotopic (exact) mass is 292 g/mol. The molecular formula is C10H10BrClO3. The van der Waals surface area contributed by atoms with Crippen LogP contribution in [0.15, 0.2) is 12.1 Å². The summed E-state index contributed by atoms with van der Waals surface area (Å²) in [5.41, 5.74) is 1.08. The number of carbonyl (C=O) groups excluding carboxylic acids is 1. The molecule has 0 saturated carbocycles. The Labute approximate surface area is 101 Å². The van der Waals surface area contributed by atoms with Crippen molar-refractivity contribution in [2.75, 3.05) is 14.2 Å². The van der Waals surface area contributed by atoms with E-state index >= 15 is 0 Å². The van der Waals surface area contributed by atoms with Crippen molar-refractivity contribution in [1.82, 2.24) is 0 Å². The van der Waals surface area contributed by atoms with Crippen LogP contribution in [0.25, 0.3) is 0 Å². The molecular weight excluding hydrogens is 283 g/mol. The Kier molecular flexibility index (Phi) is 4.42. The number of benzene rings is 1. The zero-order chi connectivity index (χ0) is 11.4. The number of rotatable bonds is 3. The quantitative estimate of drug-likeness (QED) is 0.635. The molecule has 0 fully saturated rings. The van der Waals surface area contributed by atoms with Crippen LogP contribution in [0, 0.1) is 0 Å². The van der Waals surface area contributed by atoms with Gasteiger partial charge in [0.2, 0.25) is 0 Å².